The highest BCUT2D eigenvalue weighted by molar-refractivity contribution is 4.90. The predicted molar refractivity (Wildman–Crippen MR) is 200 cm³/mol. The molecular formula is C44H80O4. The number of rotatable bonds is 19. The van der Waals surface area contributed by atoms with Gasteiger partial charge in [0.05, 0.1) is 18.8 Å². The van der Waals surface area contributed by atoms with Crippen LogP contribution in [-0.4, -0.2) is 30.9 Å². The Kier molecular flexibility index (Phi) is 17.4. The zero-order valence-corrected chi connectivity index (χ0v) is 32.0. The molecule has 0 aliphatic heterocycles. The maximum absolute atomic E-state index is 10.2. The first kappa shape index (κ1) is 39.1. The molecule has 0 aromatic rings. The summed E-state index contributed by atoms with van der Waals surface area (Å²) in [6.07, 6.45) is 41.1. The summed E-state index contributed by atoms with van der Waals surface area (Å²) in [5, 5.41) is 10.2. The molecule has 0 aromatic heterocycles. The Morgan fingerprint density at radius 1 is 0.583 bits per heavy atom. The summed E-state index contributed by atoms with van der Waals surface area (Å²) in [5.41, 5.74) is 0.134. The molecule has 48 heavy (non-hydrogen) atoms. The Morgan fingerprint density at radius 3 is 1.54 bits per heavy atom. The highest BCUT2D eigenvalue weighted by Gasteiger charge is 2.40. The number of hydrogen-bond acceptors (Lipinski definition) is 4. The molecule has 1 unspecified atom stereocenters. The Bertz CT molecular complexity index is 808. The first-order valence-electron chi connectivity index (χ1n) is 22.1. The quantitative estimate of drug-likeness (QED) is 0.0642. The molecule has 1 atom stereocenters. The number of hydrogen-bond donors (Lipinski definition) is 1. The van der Waals surface area contributed by atoms with Crippen molar-refractivity contribution >= 4 is 0 Å². The van der Waals surface area contributed by atoms with Gasteiger partial charge in [-0.1, -0.05) is 110 Å². The van der Waals surface area contributed by atoms with E-state index in [1.54, 1.807) is 0 Å². The molecule has 5 rings (SSSR count). The van der Waals surface area contributed by atoms with Crippen LogP contribution >= 0.6 is 0 Å². The van der Waals surface area contributed by atoms with Gasteiger partial charge in [-0.25, -0.2) is 4.89 Å². The zero-order valence-electron chi connectivity index (χ0n) is 32.0. The summed E-state index contributed by atoms with van der Waals surface area (Å²) < 4.78 is 12.8. The van der Waals surface area contributed by atoms with Gasteiger partial charge in [-0.15, -0.1) is 0 Å². The lowest BCUT2D eigenvalue weighted by Gasteiger charge is -2.43. The van der Waals surface area contributed by atoms with E-state index in [1.807, 2.05) is 0 Å². The van der Waals surface area contributed by atoms with E-state index in [0.717, 1.165) is 48.5 Å². The van der Waals surface area contributed by atoms with Crippen molar-refractivity contribution in [1.82, 2.24) is 0 Å². The van der Waals surface area contributed by atoms with Crippen LogP contribution in [-0.2, 0) is 14.4 Å². The van der Waals surface area contributed by atoms with Gasteiger partial charge in [0.15, 0.2) is 0 Å². The van der Waals surface area contributed by atoms with E-state index in [0.29, 0.717) is 18.8 Å². The average Bonchev–Trinajstić information content (AvgIpc) is 3.14. The van der Waals surface area contributed by atoms with Gasteiger partial charge in [-0.3, -0.25) is 5.26 Å². The predicted octanol–water partition coefficient (Wildman–Crippen LogP) is 13.3. The molecule has 5 fully saturated rings. The Hall–Kier alpha value is -0.160. The van der Waals surface area contributed by atoms with Gasteiger partial charge in [0.2, 0.25) is 0 Å². The second-order valence-electron chi connectivity index (χ2n) is 18.3. The number of unbranched alkanes of at least 4 members (excludes halogenated alkanes) is 4. The minimum Gasteiger partial charge on any atom is -0.355 e. The molecule has 1 N–H and O–H groups in total. The van der Waals surface area contributed by atoms with Crippen molar-refractivity contribution in [2.24, 2.45) is 46.8 Å². The standard InChI is InChI=1S/C44H80O4/c1-3-5-8-12-35-14-18-37(19-15-35)39-22-24-41(25-23-39)43(48-45)32-44(30-10-7-11-31-44)33-46-34-47-42-28-26-40(27-29-42)38-20-16-36(17-21-38)13-9-6-4-2/h35-43,45H,3-34H2,1-2H3. The van der Waals surface area contributed by atoms with Crippen LogP contribution in [0.5, 0.6) is 0 Å². The molecule has 4 heteroatoms. The van der Waals surface area contributed by atoms with Crippen molar-refractivity contribution in [2.75, 3.05) is 13.4 Å². The fourth-order valence-electron chi connectivity index (χ4n) is 11.8. The lowest BCUT2D eigenvalue weighted by molar-refractivity contribution is -0.301. The van der Waals surface area contributed by atoms with Gasteiger partial charge in [-0.05, 0) is 143 Å². The van der Waals surface area contributed by atoms with Crippen LogP contribution in [0.15, 0.2) is 0 Å². The maximum Gasteiger partial charge on any atom is 0.147 e. The minimum atomic E-state index is -0.0374. The molecule has 0 saturated heterocycles. The average molecular weight is 673 g/mol. The third-order valence-electron chi connectivity index (χ3n) is 15.1. The molecule has 0 radical (unpaired) electrons. The number of ether oxygens (including phenoxy) is 2. The molecule has 4 nitrogen and oxygen atoms in total. The summed E-state index contributed by atoms with van der Waals surface area (Å²) in [7, 11) is 0. The molecule has 5 aliphatic rings. The normalized spacial score (nSPS) is 35.3. The lowest BCUT2D eigenvalue weighted by Crippen LogP contribution is -2.39. The zero-order chi connectivity index (χ0) is 33.4. The Balaban J connectivity index is 0.977. The minimum absolute atomic E-state index is 0.0374. The van der Waals surface area contributed by atoms with E-state index in [1.165, 1.54) is 186 Å². The van der Waals surface area contributed by atoms with Crippen LogP contribution in [0.1, 0.15) is 206 Å². The molecule has 0 heterocycles. The van der Waals surface area contributed by atoms with Crippen LogP contribution in [0, 0.1) is 46.8 Å². The van der Waals surface area contributed by atoms with E-state index < -0.39 is 0 Å². The summed E-state index contributed by atoms with van der Waals surface area (Å²) in [4.78, 5) is 5.36. The van der Waals surface area contributed by atoms with Crippen LogP contribution in [0.2, 0.25) is 0 Å². The smallest absolute Gasteiger partial charge is 0.147 e. The molecule has 0 aromatic carbocycles. The topological polar surface area (TPSA) is 47.9 Å². The molecule has 0 amide bonds. The molecular weight excluding hydrogens is 592 g/mol. The van der Waals surface area contributed by atoms with Crippen LogP contribution in [0.25, 0.3) is 0 Å². The van der Waals surface area contributed by atoms with Crippen molar-refractivity contribution in [3.05, 3.63) is 0 Å². The summed E-state index contributed by atoms with van der Waals surface area (Å²) in [5.74, 6) is 6.30. The van der Waals surface area contributed by atoms with Crippen molar-refractivity contribution in [2.45, 2.75) is 219 Å². The van der Waals surface area contributed by atoms with Gasteiger partial charge < -0.3 is 9.47 Å². The summed E-state index contributed by atoms with van der Waals surface area (Å²) in [6, 6.07) is 0. The van der Waals surface area contributed by atoms with Crippen molar-refractivity contribution in [3.63, 3.8) is 0 Å². The molecule has 280 valence electrons. The molecule has 5 saturated carbocycles. The Labute approximate surface area is 297 Å². The highest BCUT2D eigenvalue weighted by Crippen LogP contribution is 2.47. The largest absolute Gasteiger partial charge is 0.355 e. The third-order valence-corrected chi connectivity index (χ3v) is 15.1. The summed E-state index contributed by atoms with van der Waals surface area (Å²) in [6.45, 7) is 5.85. The fourth-order valence-corrected chi connectivity index (χ4v) is 11.8. The lowest BCUT2D eigenvalue weighted by atomic mass is 9.65. The van der Waals surface area contributed by atoms with Gasteiger partial charge in [0, 0.05) is 0 Å². The first-order chi connectivity index (χ1) is 23.6. The van der Waals surface area contributed by atoms with Gasteiger partial charge in [-0.2, -0.15) is 0 Å². The van der Waals surface area contributed by atoms with E-state index in [-0.39, 0.29) is 11.5 Å². The fraction of sp³-hybridized carbons (Fsp3) is 1.00. The maximum atomic E-state index is 10.2. The van der Waals surface area contributed by atoms with Crippen LogP contribution < -0.4 is 0 Å². The molecule has 0 spiro atoms. The SMILES string of the molecule is CCCCCC1CCC(C2CCC(OCOCC3(CC(OO)C4CCC(C5CCC(CCCCC)CC5)CC4)CCCCC3)CC2)CC1. The van der Waals surface area contributed by atoms with Gasteiger partial charge in [0.1, 0.15) is 6.79 Å². The van der Waals surface area contributed by atoms with Gasteiger partial charge >= 0.3 is 0 Å². The highest BCUT2D eigenvalue weighted by atomic mass is 17.1. The third kappa shape index (κ3) is 12.2. The van der Waals surface area contributed by atoms with Crippen LogP contribution in [0.3, 0.4) is 0 Å². The van der Waals surface area contributed by atoms with E-state index in [4.69, 9.17) is 14.4 Å². The van der Waals surface area contributed by atoms with E-state index in [2.05, 4.69) is 13.8 Å². The molecule has 0 bridgehead atoms. The first-order valence-corrected chi connectivity index (χ1v) is 22.1. The van der Waals surface area contributed by atoms with Gasteiger partial charge in [0.25, 0.3) is 0 Å². The van der Waals surface area contributed by atoms with Crippen molar-refractivity contribution < 1.29 is 19.6 Å². The monoisotopic (exact) mass is 673 g/mol. The summed E-state index contributed by atoms with van der Waals surface area (Å²) >= 11 is 0. The molecule has 5 aliphatic carbocycles. The van der Waals surface area contributed by atoms with Crippen molar-refractivity contribution in [1.29, 1.82) is 0 Å². The van der Waals surface area contributed by atoms with E-state index in [9.17, 15) is 5.26 Å². The second kappa shape index (κ2) is 21.4. The van der Waals surface area contributed by atoms with Crippen LogP contribution in [0.4, 0.5) is 0 Å². The Morgan fingerprint density at radius 2 is 1.06 bits per heavy atom. The second-order valence-corrected chi connectivity index (χ2v) is 18.3. The van der Waals surface area contributed by atoms with E-state index >= 15 is 0 Å². The van der Waals surface area contributed by atoms with Crippen molar-refractivity contribution in [3.8, 4) is 0 Å².